The van der Waals surface area contributed by atoms with Crippen LogP contribution in [0.3, 0.4) is 0 Å². The zero-order valence-corrected chi connectivity index (χ0v) is 9.40. The Morgan fingerprint density at radius 2 is 2.25 bits per heavy atom. The molecule has 0 aliphatic rings. The molecule has 0 fully saturated rings. The zero-order chi connectivity index (χ0) is 12.0. The third-order valence-electron chi connectivity index (χ3n) is 1.80. The molecule has 0 aromatic heterocycles. The average molecular weight is 236 g/mol. The van der Waals surface area contributed by atoms with E-state index in [0.717, 1.165) is 0 Å². The summed E-state index contributed by atoms with van der Waals surface area (Å²) >= 11 is 5.91. The Labute approximate surface area is 98.6 Å². The second kappa shape index (κ2) is 5.79. The molecule has 0 aliphatic carbocycles. The number of methoxy groups -OCH3 is 1. The molecule has 0 atom stereocenters. The van der Waals surface area contributed by atoms with Gasteiger partial charge in [-0.15, -0.1) is 0 Å². The third-order valence-corrected chi connectivity index (χ3v) is 2.14. The number of hydrogen-bond donors (Lipinski definition) is 1. The van der Waals surface area contributed by atoms with Gasteiger partial charge < -0.3 is 10.5 Å². The fourth-order valence-corrected chi connectivity index (χ4v) is 1.14. The quantitative estimate of drug-likeness (QED) is 0.495. The van der Waals surface area contributed by atoms with Crippen molar-refractivity contribution in [1.82, 2.24) is 0 Å². The summed E-state index contributed by atoms with van der Waals surface area (Å²) in [7, 11) is 1.37. The first-order valence-corrected chi connectivity index (χ1v) is 4.79. The van der Waals surface area contributed by atoms with E-state index in [9.17, 15) is 0 Å². The average Bonchev–Trinajstić information content (AvgIpc) is 2.31. The molecule has 0 aliphatic heterocycles. The Bertz CT molecular complexity index is 474. The predicted octanol–water partition coefficient (Wildman–Crippen LogP) is 2.06. The van der Waals surface area contributed by atoms with Crippen molar-refractivity contribution in [3.05, 3.63) is 46.4 Å². The Hall–Kier alpha value is -1.99. The van der Waals surface area contributed by atoms with Crippen molar-refractivity contribution in [2.24, 2.45) is 10.7 Å². The number of ether oxygens (including phenoxy) is 1. The topological polar surface area (TPSA) is 71.4 Å². The van der Waals surface area contributed by atoms with Gasteiger partial charge in [0.2, 0.25) is 5.88 Å². The normalized spacial score (nSPS) is 12.1. The summed E-state index contributed by atoms with van der Waals surface area (Å²) in [6.45, 7) is 0. The maximum atomic E-state index is 8.76. The maximum Gasteiger partial charge on any atom is 0.221 e. The van der Waals surface area contributed by atoms with Gasteiger partial charge in [0.1, 0.15) is 6.07 Å². The molecule has 0 radical (unpaired) electrons. The summed E-state index contributed by atoms with van der Waals surface area (Å²) in [5, 5.41) is 9.32. The van der Waals surface area contributed by atoms with Gasteiger partial charge in [-0.1, -0.05) is 29.8 Å². The van der Waals surface area contributed by atoms with E-state index in [-0.39, 0.29) is 11.6 Å². The van der Waals surface area contributed by atoms with Crippen molar-refractivity contribution in [3.63, 3.8) is 0 Å². The maximum absolute atomic E-state index is 8.76. The number of hydrogen-bond acceptors (Lipinski definition) is 4. The number of benzene rings is 1. The number of nitrogens with two attached hydrogens (primary N) is 1. The lowest BCUT2D eigenvalue weighted by molar-refractivity contribution is 0.284. The van der Waals surface area contributed by atoms with Crippen molar-refractivity contribution in [2.45, 2.75) is 0 Å². The van der Waals surface area contributed by atoms with E-state index >= 15 is 0 Å². The Kier molecular flexibility index (Phi) is 4.37. The number of rotatable bonds is 3. The Balaban J connectivity index is 2.98. The molecule has 2 N–H and O–H groups in total. The summed E-state index contributed by atoms with van der Waals surface area (Å²) in [6.07, 6.45) is 1.47. The minimum absolute atomic E-state index is 0.0161. The van der Waals surface area contributed by atoms with Gasteiger partial charge in [-0.3, -0.25) is 0 Å². The number of nitriles is 1. The van der Waals surface area contributed by atoms with Gasteiger partial charge in [0, 0.05) is 16.8 Å². The van der Waals surface area contributed by atoms with Crippen LogP contribution >= 0.6 is 11.6 Å². The first-order chi connectivity index (χ1) is 7.69. The van der Waals surface area contributed by atoms with E-state index in [1.165, 1.54) is 13.3 Å². The molecule has 4 nitrogen and oxygen atoms in total. The van der Waals surface area contributed by atoms with Crippen molar-refractivity contribution in [2.75, 3.05) is 7.11 Å². The Morgan fingerprint density at radius 3 is 2.81 bits per heavy atom. The standard InChI is InChI=1S/C11H10ClN3O/c1-16-11(14)10(6-13)15-7-8-4-2-3-5-9(8)12/h2-5,7H,14H2,1H3. The highest BCUT2D eigenvalue weighted by atomic mass is 35.5. The third kappa shape index (κ3) is 3.01. The second-order valence-corrected chi connectivity index (χ2v) is 3.22. The van der Waals surface area contributed by atoms with Crippen LogP contribution in [0.5, 0.6) is 0 Å². The molecule has 0 amide bonds. The lowest BCUT2D eigenvalue weighted by Gasteiger charge is -1.99. The summed E-state index contributed by atoms with van der Waals surface area (Å²) in [6, 6.07) is 8.98. The lowest BCUT2D eigenvalue weighted by atomic mass is 10.2. The van der Waals surface area contributed by atoms with Crippen LogP contribution in [-0.4, -0.2) is 13.3 Å². The molecule has 0 heterocycles. The molecule has 5 heteroatoms. The fourth-order valence-electron chi connectivity index (χ4n) is 0.958. The largest absolute Gasteiger partial charge is 0.481 e. The van der Waals surface area contributed by atoms with E-state index in [1.807, 2.05) is 18.2 Å². The number of allylic oxidation sites excluding steroid dienone is 1. The van der Waals surface area contributed by atoms with Crippen LogP contribution in [-0.2, 0) is 4.74 Å². The molecular formula is C11H10ClN3O. The lowest BCUT2D eigenvalue weighted by Crippen LogP contribution is -2.02. The zero-order valence-electron chi connectivity index (χ0n) is 8.64. The molecule has 0 bridgehead atoms. The van der Waals surface area contributed by atoms with Crippen LogP contribution < -0.4 is 5.73 Å². The number of aliphatic imine (C=N–C) groups is 1. The molecule has 0 saturated heterocycles. The van der Waals surface area contributed by atoms with E-state index in [4.69, 9.17) is 27.3 Å². The summed E-state index contributed by atoms with van der Waals surface area (Å²) in [5.41, 5.74) is 6.14. The van der Waals surface area contributed by atoms with E-state index in [2.05, 4.69) is 4.99 Å². The first kappa shape index (κ1) is 12.1. The van der Waals surface area contributed by atoms with Crippen molar-refractivity contribution < 1.29 is 4.74 Å². The highest BCUT2D eigenvalue weighted by Crippen LogP contribution is 2.13. The van der Waals surface area contributed by atoms with Crippen molar-refractivity contribution in [1.29, 1.82) is 5.26 Å². The summed E-state index contributed by atoms with van der Waals surface area (Å²) in [4.78, 5) is 3.90. The summed E-state index contributed by atoms with van der Waals surface area (Å²) in [5.74, 6) is -0.0224. The molecule has 1 aromatic carbocycles. The minimum atomic E-state index is -0.0224. The number of halogens is 1. The van der Waals surface area contributed by atoms with Gasteiger partial charge in [0.25, 0.3) is 0 Å². The molecule has 0 saturated carbocycles. The fraction of sp³-hybridized carbons (Fsp3) is 0.0909. The highest BCUT2D eigenvalue weighted by molar-refractivity contribution is 6.33. The van der Waals surface area contributed by atoms with Crippen LogP contribution in [0.15, 0.2) is 40.8 Å². The molecule has 82 valence electrons. The van der Waals surface area contributed by atoms with Crippen LogP contribution in [0.2, 0.25) is 5.02 Å². The van der Waals surface area contributed by atoms with Gasteiger partial charge in [-0.2, -0.15) is 5.26 Å². The van der Waals surface area contributed by atoms with Crippen molar-refractivity contribution >= 4 is 17.8 Å². The van der Waals surface area contributed by atoms with E-state index in [1.54, 1.807) is 12.1 Å². The molecule has 0 unspecified atom stereocenters. The van der Waals surface area contributed by atoms with Gasteiger partial charge in [0.15, 0.2) is 5.70 Å². The summed E-state index contributed by atoms with van der Waals surface area (Å²) < 4.78 is 4.71. The minimum Gasteiger partial charge on any atom is -0.481 e. The van der Waals surface area contributed by atoms with Crippen LogP contribution in [0.25, 0.3) is 0 Å². The van der Waals surface area contributed by atoms with E-state index < -0.39 is 0 Å². The van der Waals surface area contributed by atoms with Crippen LogP contribution in [0.4, 0.5) is 0 Å². The molecule has 1 rings (SSSR count). The van der Waals surface area contributed by atoms with E-state index in [0.29, 0.717) is 10.6 Å². The van der Waals surface area contributed by atoms with Crippen LogP contribution in [0.1, 0.15) is 5.56 Å². The predicted molar refractivity (Wildman–Crippen MR) is 62.9 cm³/mol. The van der Waals surface area contributed by atoms with Gasteiger partial charge in [-0.05, 0) is 6.07 Å². The molecule has 1 aromatic rings. The second-order valence-electron chi connectivity index (χ2n) is 2.81. The number of nitrogens with zero attached hydrogens (tertiary/aromatic N) is 2. The smallest absolute Gasteiger partial charge is 0.221 e. The van der Waals surface area contributed by atoms with Crippen LogP contribution in [0, 0.1) is 11.3 Å². The van der Waals surface area contributed by atoms with Gasteiger partial charge in [-0.25, -0.2) is 4.99 Å². The molecule has 16 heavy (non-hydrogen) atoms. The monoisotopic (exact) mass is 235 g/mol. The molecular weight excluding hydrogens is 226 g/mol. The Morgan fingerprint density at radius 1 is 1.56 bits per heavy atom. The van der Waals surface area contributed by atoms with Gasteiger partial charge in [0.05, 0.1) is 7.11 Å². The van der Waals surface area contributed by atoms with Gasteiger partial charge >= 0.3 is 0 Å². The SMILES string of the molecule is COC(N)=C(C#N)N=Cc1ccccc1Cl. The molecule has 0 spiro atoms. The highest BCUT2D eigenvalue weighted by Gasteiger charge is 2.00. The first-order valence-electron chi connectivity index (χ1n) is 4.41. The van der Waals surface area contributed by atoms with Crippen molar-refractivity contribution in [3.8, 4) is 6.07 Å².